The van der Waals surface area contributed by atoms with Crippen LogP contribution in [0.25, 0.3) is 28.2 Å². The molecule has 0 saturated carbocycles. The molecule has 34 heavy (non-hydrogen) atoms. The van der Waals surface area contributed by atoms with Gasteiger partial charge in [0.1, 0.15) is 5.60 Å². The Morgan fingerprint density at radius 3 is 2.12 bits per heavy atom. The van der Waals surface area contributed by atoms with Crippen molar-refractivity contribution in [2.45, 2.75) is 38.2 Å². The van der Waals surface area contributed by atoms with Crippen molar-refractivity contribution < 1.29 is 17.9 Å². The van der Waals surface area contributed by atoms with Crippen LogP contribution in [0.4, 0.5) is 0 Å². The van der Waals surface area contributed by atoms with Gasteiger partial charge in [-0.3, -0.25) is 0 Å². The number of carbonyl (C=O) groups is 1. The molecule has 176 valence electrons. The number of aryl methyl sites for hydroxylation is 1. The molecule has 4 aromatic rings. The van der Waals surface area contributed by atoms with Gasteiger partial charge in [0.05, 0.1) is 16.2 Å². The highest BCUT2D eigenvalue weighted by Gasteiger charge is 2.19. The average molecular weight is 477 g/mol. The van der Waals surface area contributed by atoms with E-state index in [-0.39, 0.29) is 5.97 Å². The highest BCUT2D eigenvalue weighted by Crippen LogP contribution is 2.29. The standard InChI is InChI=1S/C27H28N2O4S/c1-18-6-15-25(20-9-13-23(14-10-20)34(5,31)32)29(18)22-11-7-19(8-12-22)24-16-21(17-28-24)26(30)33-27(2,3)4/h6-17,28H,1-5H3. The van der Waals surface area contributed by atoms with Crippen molar-refractivity contribution in [3.63, 3.8) is 0 Å². The summed E-state index contributed by atoms with van der Waals surface area (Å²) in [5.74, 6) is -0.360. The number of rotatable bonds is 5. The number of hydrogen-bond acceptors (Lipinski definition) is 4. The fraction of sp³-hybridized carbons (Fsp3) is 0.222. The number of aromatic nitrogens is 2. The fourth-order valence-corrected chi connectivity index (χ4v) is 4.42. The molecule has 0 bridgehead atoms. The summed E-state index contributed by atoms with van der Waals surface area (Å²) in [6.45, 7) is 7.55. The number of benzene rings is 2. The van der Waals surface area contributed by atoms with Crippen LogP contribution >= 0.6 is 0 Å². The van der Waals surface area contributed by atoms with Crippen molar-refractivity contribution in [3.05, 3.63) is 84.2 Å². The minimum Gasteiger partial charge on any atom is -0.456 e. The lowest BCUT2D eigenvalue weighted by Crippen LogP contribution is -2.23. The van der Waals surface area contributed by atoms with Crippen LogP contribution in [0.1, 0.15) is 36.8 Å². The maximum Gasteiger partial charge on any atom is 0.340 e. The second kappa shape index (κ2) is 8.65. The fourth-order valence-electron chi connectivity index (χ4n) is 3.79. The topological polar surface area (TPSA) is 81.2 Å². The van der Waals surface area contributed by atoms with Crippen LogP contribution in [0.5, 0.6) is 0 Å². The minimum atomic E-state index is -3.24. The second-order valence-corrected chi connectivity index (χ2v) is 11.4. The zero-order chi connectivity index (χ0) is 24.7. The molecule has 4 rings (SSSR count). The van der Waals surface area contributed by atoms with Crippen LogP contribution < -0.4 is 0 Å². The number of esters is 1. The van der Waals surface area contributed by atoms with Gasteiger partial charge in [-0.2, -0.15) is 0 Å². The van der Waals surface area contributed by atoms with Gasteiger partial charge in [-0.1, -0.05) is 24.3 Å². The Kier molecular flexibility index (Phi) is 6.00. The van der Waals surface area contributed by atoms with E-state index in [0.29, 0.717) is 10.5 Å². The predicted molar refractivity (Wildman–Crippen MR) is 134 cm³/mol. The Hall–Kier alpha value is -3.58. The number of nitrogens with zero attached hydrogens (tertiary/aromatic N) is 1. The number of nitrogens with one attached hydrogen (secondary N) is 1. The van der Waals surface area contributed by atoms with Crippen LogP contribution in [0, 0.1) is 6.92 Å². The molecule has 0 spiro atoms. The number of hydrogen-bond donors (Lipinski definition) is 1. The first-order chi connectivity index (χ1) is 15.9. The number of H-pyrrole nitrogens is 1. The van der Waals surface area contributed by atoms with E-state index in [0.717, 1.165) is 33.9 Å². The predicted octanol–water partition coefficient (Wildman–Crippen LogP) is 5.81. The van der Waals surface area contributed by atoms with E-state index in [2.05, 4.69) is 9.55 Å². The maximum absolute atomic E-state index is 12.3. The van der Waals surface area contributed by atoms with Gasteiger partial charge < -0.3 is 14.3 Å². The van der Waals surface area contributed by atoms with Gasteiger partial charge in [0, 0.05) is 29.5 Å². The number of carbonyl (C=O) groups excluding carboxylic acids is 1. The third kappa shape index (κ3) is 4.99. The number of ether oxygens (including phenoxy) is 1. The molecule has 0 unspecified atom stereocenters. The quantitative estimate of drug-likeness (QED) is 0.369. The first-order valence-corrected chi connectivity index (χ1v) is 12.8. The van der Waals surface area contributed by atoms with Gasteiger partial charge in [-0.05, 0) is 81.3 Å². The molecule has 2 aromatic heterocycles. The van der Waals surface area contributed by atoms with Gasteiger partial charge in [0.15, 0.2) is 9.84 Å². The Labute approximate surface area is 200 Å². The largest absolute Gasteiger partial charge is 0.456 e. The van der Waals surface area contributed by atoms with Crippen LogP contribution in [0.3, 0.4) is 0 Å². The number of sulfone groups is 1. The SMILES string of the molecule is Cc1ccc(-c2ccc(S(C)(=O)=O)cc2)n1-c1ccc(-c2cc(C(=O)OC(C)(C)C)c[nH]2)cc1. The second-order valence-electron chi connectivity index (χ2n) is 9.34. The van der Waals surface area contributed by atoms with E-state index in [9.17, 15) is 13.2 Å². The summed E-state index contributed by atoms with van der Waals surface area (Å²) in [5.41, 5.74) is 5.64. The highest BCUT2D eigenvalue weighted by atomic mass is 32.2. The molecule has 1 N–H and O–H groups in total. The molecular formula is C27H28N2O4S. The van der Waals surface area contributed by atoms with Crippen LogP contribution in [-0.4, -0.2) is 35.8 Å². The molecule has 0 amide bonds. The van der Waals surface area contributed by atoms with Crippen molar-refractivity contribution >= 4 is 15.8 Å². The Morgan fingerprint density at radius 1 is 0.912 bits per heavy atom. The first-order valence-electron chi connectivity index (χ1n) is 10.9. The third-order valence-electron chi connectivity index (χ3n) is 5.41. The molecule has 0 aliphatic heterocycles. The highest BCUT2D eigenvalue weighted by molar-refractivity contribution is 7.90. The van der Waals surface area contributed by atoms with Gasteiger partial charge in [0.25, 0.3) is 0 Å². The van der Waals surface area contributed by atoms with Gasteiger partial charge in [-0.25, -0.2) is 13.2 Å². The van der Waals surface area contributed by atoms with Crippen molar-refractivity contribution in [3.8, 4) is 28.2 Å². The lowest BCUT2D eigenvalue weighted by atomic mass is 10.1. The first kappa shape index (κ1) is 23.6. The molecule has 2 aromatic carbocycles. The molecule has 6 nitrogen and oxygen atoms in total. The summed E-state index contributed by atoms with van der Waals surface area (Å²) < 4.78 is 31.1. The van der Waals surface area contributed by atoms with Crippen molar-refractivity contribution in [2.75, 3.05) is 6.26 Å². The van der Waals surface area contributed by atoms with Crippen molar-refractivity contribution in [2.24, 2.45) is 0 Å². The lowest BCUT2D eigenvalue weighted by molar-refractivity contribution is 0.00697. The maximum atomic E-state index is 12.3. The number of aromatic amines is 1. The van der Waals surface area contributed by atoms with Gasteiger partial charge in [0.2, 0.25) is 0 Å². The third-order valence-corrected chi connectivity index (χ3v) is 6.54. The Bertz CT molecular complexity index is 1440. The summed E-state index contributed by atoms with van der Waals surface area (Å²) in [7, 11) is -3.24. The summed E-state index contributed by atoms with van der Waals surface area (Å²) >= 11 is 0. The molecule has 0 saturated heterocycles. The molecule has 7 heteroatoms. The summed E-state index contributed by atoms with van der Waals surface area (Å²) in [5, 5.41) is 0. The van der Waals surface area contributed by atoms with Crippen molar-refractivity contribution in [1.82, 2.24) is 9.55 Å². The Morgan fingerprint density at radius 2 is 1.53 bits per heavy atom. The van der Waals surface area contributed by atoms with E-state index >= 15 is 0 Å². The zero-order valence-corrected chi connectivity index (χ0v) is 20.7. The van der Waals surface area contributed by atoms with Crippen LogP contribution in [0.15, 0.2) is 77.8 Å². The monoisotopic (exact) mass is 476 g/mol. The molecule has 0 atom stereocenters. The molecule has 0 aliphatic carbocycles. The summed E-state index contributed by atoms with van der Waals surface area (Å²) in [4.78, 5) is 15.8. The van der Waals surface area contributed by atoms with E-state index in [1.54, 1.807) is 24.4 Å². The average Bonchev–Trinajstić information content (AvgIpc) is 3.39. The lowest BCUT2D eigenvalue weighted by Gasteiger charge is -2.18. The van der Waals surface area contributed by atoms with Crippen LogP contribution in [-0.2, 0) is 14.6 Å². The summed E-state index contributed by atoms with van der Waals surface area (Å²) in [6.07, 6.45) is 2.86. The van der Waals surface area contributed by atoms with E-state index in [1.165, 1.54) is 6.26 Å². The van der Waals surface area contributed by atoms with E-state index in [1.807, 2.05) is 76.2 Å². The normalized spacial score (nSPS) is 12.0. The zero-order valence-electron chi connectivity index (χ0n) is 19.9. The Balaban J connectivity index is 1.61. The molecular weight excluding hydrogens is 448 g/mol. The van der Waals surface area contributed by atoms with E-state index in [4.69, 9.17) is 4.74 Å². The summed E-state index contributed by atoms with van der Waals surface area (Å²) in [6, 6.07) is 20.8. The van der Waals surface area contributed by atoms with E-state index < -0.39 is 15.4 Å². The molecule has 0 radical (unpaired) electrons. The minimum absolute atomic E-state index is 0.298. The van der Waals surface area contributed by atoms with Gasteiger partial charge in [-0.15, -0.1) is 0 Å². The smallest absolute Gasteiger partial charge is 0.340 e. The molecule has 0 fully saturated rings. The van der Waals surface area contributed by atoms with Crippen LogP contribution in [0.2, 0.25) is 0 Å². The molecule has 0 aliphatic rings. The van der Waals surface area contributed by atoms with Gasteiger partial charge >= 0.3 is 5.97 Å². The van der Waals surface area contributed by atoms with Crippen molar-refractivity contribution in [1.29, 1.82) is 0 Å². The molecule has 2 heterocycles.